The third-order valence-corrected chi connectivity index (χ3v) is 11.9. The number of carbonyl (C=O) groups is 4. The number of rotatable bonds is 6. The van der Waals surface area contributed by atoms with Crippen molar-refractivity contribution in [3.8, 4) is 5.75 Å². The van der Waals surface area contributed by atoms with Gasteiger partial charge in [0.05, 0.1) is 24.1 Å². The molecule has 5 aliphatic rings. The molecule has 8 nitrogen and oxygen atoms in total. The zero-order valence-corrected chi connectivity index (χ0v) is 26.0. The fraction of sp³-hybridized carbons (Fsp3) is 0.471. The van der Waals surface area contributed by atoms with E-state index >= 15 is 0 Å². The van der Waals surface area contributed by atoms with Gasteiger partial charge >= 0.3 is 0 Å². The molecule has 0 aromatic heterocycles. The molecule has 11 heteroatoms. The van der Waals surface area contributed by atoms with Gasteiger partial charge in [0.2, 0.25) is 11.8 Å². The number of likely N-dealkylation sites (tertiary alicyclic amines) is 1. The molecule has 2 aromatic rings. The van der Waals surface area contributed by atoms with E-state index in [-0.39, 0.29) is 43.2 Å². The second kappa shape index (κ2) is 11.2. The van der Waals surface area contributed by atoms with Gasteiger partial charge < -0.3 is 9.84 Å². The average molecular weight is 656 g/mol. The first-order valence-corrected chi connectivity index (χ1v) is 16.3. The third-order valence-electron chi connectivity index (χ3n) is 10.4. The number of halogens is 3. The maximum atomic E-state index is 14.4. The van der Waals surface area contributed by atoms with Gasteiger partial charge in [-0.25, -0.2) is 9.29 Å². The summed E-state index contributed by atoms with van der Waals surface area (Å²) in [6.07, 6.45) is 6.66. The number of aliphatic hydroxyl groups excluding tert-OH is 1. The molecule has 1 N–H and O–H groups in total. The molecule has 2 heterocycles. The first kappa shape index (κ1) is 30.4. The molecule has 4 fully saturated rings. The molecule has 7 rings (SSSR count). The van der Waals surface area contributed by atoms with Crippen LogP contribution < -0.4 is 9.64 Å². The van der Waals surface area contributed by atoms with Crippen molar-refractivity contribution in [2.24, 2.45) is 17.8 Å². The molecule has 236 valence electrons. The van der Waals surface area contributed by atoms with Crippen LogP contribution in [-0.2, 0) is 19.2 Å². The van der Waals surface area contributed by atoms with Crippen LogP contribution in [0.15, 0.2) is 60.2 Å². The summed E-state index contributed by atoms with van der Waals surface area (Å²) >= 11 is 14.8. The number of ether oxygens (including phenoxy) is 1. The highest BCUT2D eigenvalue weighted by Crippen LogP contribution is 2.66. The topological polar surface area (TPSA) is 104 Å². The number of hydrogen-bond acceptors (Lipinski definition) is 6. The fourth-order valence-corrected chi connectivity index (χ4v) is 9.35. The number of aliphatic hydroxyl groups is 1. The summed E-state index contributed by atoms with van der Waals surface area (Å²) < 4.78 is 19.4. The summed E-state index contributed by atoms with van der Waals surface area (Å²) in [6, 6.07) is 11.7. The molecule has 0 radical (unpaired) electrons. The molecular formula is C34H33Cl2FN2O6. The van der Waals surface area contributed by atoms with Crippen molar-refractivity contribution in [1.82, 2.24) is 4.90 Å². The van der Waals surface area contributed by atoms with Crippen molar-refractivity contribution in [2.45, 2.75) is 66.7 Å². The van der Waals surface area contributed by atoms with Gasteiger partial charge in [-0.15, -0.1) is 23.2 Å². The molecule has 2 saturated heterocycles. The minimum atomic E-state index is -1.99. The minimum Gasteiger partial charge on any atom is -0.491 e. The second-order valence-electron chi connectivity index (χ2n) is 12.7. The average Bonchev–Trinajstić information content (AvgIpc) is 3.39. The predicted octanol–water partition coefficient (Wildman–Crippen LogP) is 5.09. The van der Waals surface area contributed by atoms with Crippen molar-refractivity contribution in [3.05, 3.63) is 71.6 Å². The first-order chi connectivity index (χ1) is 21.6. The lowest BCUT2D eigenvalue weighted by atomic mass is 9.56. The molecule has 3 aliphatic carbocycles. The largest absolute Gasteiger partial charge is 0.491 e. The van der Waals surface area contributed by atoms with Crippen molar-refractivity contribution in [1.29, 1.82) is 0 Å². The molecular weight excluding hydrogens is 622 g/mol. The van der Waals surface area contributed by atoms with Crippen LogP contribution >= 0.6 is 23.2 Å². The Hall–Kier alpha value is -3.27. The summed E-state index contributed by atoms with van der Waals surface area (Å²) in [5, 5.41) is 9.17. The van der Waals surface area contributed by atoms with Crippen LogP contribution in [0.25, 0.3) is 0 Å². The van der Waals surface area contributed by atoms with Crippen LogP contribution in [-0.4, -0.2) is 62.6 Å². The quantitative estimate of drug-likeness (QED) is 0.264. The lowest BCUT2D eigenvalue weighted by Gasteiger charge is -2.50. The number of nitrogens with zero attached hydrogens (tertiary/aromatic N) is 2. The Kier molecular flexibility index (Phi) is 7.57. The van der Waals surface area contributed by atoms with E-state index in [4.69, 9.17) is 27.9 Å². The predicted molar refractivity (Wildman–Crippen MR) is 164 cm³/mol. The highest BCUT2D eigenvalue weighted by Gasteiger charge is 2.76. The Morgan fingerprint density at radius 1 is 0.889 bits per heavy atom. The van der Waals surface area contributed by atoms with Gasteiger partial charge in [-0.05, 0) is 73.6 Å². The van der Waals surface area contributed by atoms with E-state index < -0.39 is 51.1 Å². The van der Waals surface area contributed by atoms with Crippen molar-refractivity contribution in [2.75, 3.05) is 18.1 Å². The minimum absolute atomic E-state index is 0.0938. The Bertz CT molecular complexity index is 1590. The third kappa shape index (κ3) is 4.41. The van der Waals surface area contributed by atoms with E-state index in [2.05, 4.69) is 0 Å². The normalized spacial score (nSPS) is 33.2. The molecule has 2 aromatic carbocycles. The van der Waals surface area contributed by atoms with Crippen molar-refractivity contribution >= 4 is 52.5 Å². The molecule has 0 bridgehead atoms. The van der Waals surface area contributed by atoms with Gasteiger partial charge in [0.15, 0.2) is 9.75 Å². The summed E-state index contributed by atoms with van der Waals surface area (Å²) in [5.41, 5.74) is 1.43. The highest BCUT2D eigenvalue weighted by molar-refractivity contribution is 6.58. The standard InChI is InChI=1S/C34H33Cl2FN2O6/c35-33-18-26-24(14-15-25-27(26)30(42)38(29(25)41)21-4-2-1-3-5-21)28(19-6-12-23(13-7-19)45-17-16-40)34(33,36)32(44)39(31(33)43)22-10-8-20(37)9-11-22/h6-14,21,25-28,40H,1-5,15-18H2. The number of imide groups is 2. The van der Waals surface area contributed by atoms with Gasteiger partial charge in [-0.1, -0.05) is 43.0 Å². The Morgan fingerprint density at radius 2 is 1.58 bits per heavy atom. The van der Waals surface area contributed by atoms with E-state index in [1.165, 1.54) is 17.0 Å². The lowest BCUT2D eigenvalue weighted by Crippen LogP contribution is -2.60. The van der Waals surface area contributed by atoms with Crippen LogP contribution in [0.4, 0.5) is 10.1 Å². The number of fused-ring (bicyclic) bond motifs is 4. The maximum Gasteiger partial charge on any atom is 0.258 e. The Balaban J connectivity index is 1.35. The molecule has 4 amide bonds. The first-order valence-electron chi connectivity index (χ1n) is 15.5. The van der Waals surface area contributed by atoms with E-state index in [0.717, 1.165) is 49.1 Å². The van der Waals surface area contributed by atoms with E-state index in [9.17, 15) is 28.7 Å². The molecule has 0 spiro atoms. The zero-order chi connectivity index (χ0) is 31.7. The summed E-state index contributed by atoms with van der Waals surface area (Å²) in [7, 11) is 0. The maximum absolute atomic E-state index is 14.4. The van der Waals surface area contributed by atoms with E-state index in [0.29, 0.717) is 23.3 Å². The van der Waals surface area contributed by atoms with Gasteiger partial charge in [-0.3, -0.25) is 24.1 Å². The number of allylic oxidation sites excluding steroid dienone is 2. The number of amides is 4. The fourth-order valence-electron chi connectivity index (χ4n) is 8.42. The molecule has 2 saturated carbocycles. The smallest absolute Gasteiger partial charge is 0.258 e. The van der Waals surface area contributed by atoms with Gasteiger partial charge in [0.1, 0.15) is 18.2 Å². The summed E-state index contributed by atoms with van der Waals surface area (Å²) in [6.45, 7) is -0.0714. The van der Waals surface area contributed by atoms with Gasteiger partial charge in [0.25, 0.3) is 11.8 Å². The van der Waals surface area contributed by atoms with Crippen LogP contribution in [0.1, 0.15) is 56.4 Å². The van der Waals surface area contributed by atoms with Crippen molar-refractivity contribution < 1.29 is 33.4 Å². The van der Waals surface area contributed by atoms with Crippen LogP contribution in [0.3, 0.4) is 0 Å². The highest BCUT2D eigenvalue weighted by atomic mass is 35.5. The lowest BCUT2D eigenvalue weighted by molar-refractivity contribution is -0.143. The van der Waals surface area contributed by atoms with Crippen molar-refractivity contribution in [3.63, 3.8) is 0 Å². The summed E-state index contributed by atoms with van der Waals surface area (Å²) in [5.74, 6) is -4.79. The Labute approximate surface area is 270 Å². The van der Waals surface area contributed by atoms with E-state index in [1.54, 1.807) is 24.3 Å². The van der Waals surface area contributed by atoms with Gasteiger partial charge in [0, 0.05) is 12.0 Å². The monoisotopic (exact) mass is 654 g/mol. The zero-order valence-electron chi connectivity index (χ0n) is 24.5. The van der Waals surface area contributed by atoms with E-state index in [1.807, 2.05) is 6.08 Å². The number of carbonyl (C=O) groups excluding carboxylic acids is 4. The summed E-state index contributed by atoms with van der Waals surface area (Å²) in [4.78, 5) is 55.1. The van der Waals surface area contributed by atoms with Gasteiger partial charge in [-0.2, -0.15) is 0 Å². The molecule has 2 aliphatic heterocycles. The molecule has 45 heavy (non-hydrogen) atoms. The number of anilines is 1. The molecule has 6 atom stereocenters. The number of benzene rings is 2. The van der Waals surface area contributed by atoms with Crippen LogP contribution in [0.2, 0.25) is 0 Å². The Morgan fingerprint density at radius 3 is 2.24 bits per heavy atom. The molecule has 6 unspecified atom stereocenters. The SMILES string of the molecule is O=C1C2CC=C3C(CC4(Cl)C(=O)N(c5ccc(F)cc5)C(=O)C4(Cl)C3c3ccc(OCCO)cc3)C2C(=O)N1C1CCCCC1. The number of alkyl halides is 2. The van der Waals surface area contributed by atoms with Crippen LogP contribution in [0.5, 0.6) is 5.75 Å². The second-order valence-corrected chi connectivity index (χ2v) is 14.0. The number of hydrogen-bond donors (Lipinski definition) is 1. The van der Waals surface area contributed by atoms with Crippen LogP contribution in [0, 0.1) is 23.6 Å².